The Labute approximate surface area is 108 Å². The van der Waals surface area contributed by atoms with Crippen LogP contribution in [-0.4, -0.2) is 40.1 Å². The van der Waals surface area contributed by atoms with Crippen molar-refractivity contribution in [2.45, 2.75) is 39.2 Å². The number of hydrogen-bond acceptors (Lipinski definition) is 3. The third kappa shape index (κ3) is 2.90. The molecule has 0 spiro atoms. The van der Waals surface area contributed by atoms with Crippen LogP contribution in [-0.2, 0) is 11.2 Å². The molecule has 1 saturated heterocycles. The molecule has 0 aromatic carbocycles. The van der Waals surface area contributed by atoms with Gasteiger partial charge in [-0.1, -0.05) is 6.92 Å². The molecule has 1 aromatic rings. The second kappa shape index (κ2) is 5.52. The highest BCUT2D eigenvalue weighted by Gasteiger charge is 2.28. The molecular formula is C13H22N4O. The summed E-state index contributed by atoms with van der Waals surface area (Å²) in [6, 6.07) is 2.11. The van der Waals surface area contributed by atoms with Crippen LogP contribution < -0.4 is 5.73 Å². The van der Waals surface area contributed by atoms with E-state index in [2.05, 4.69) is 17.1 Å². The summed E-state index contributed by atoms with van der Waals surface area (Å²) in [4.78, 5) is 14.2. The van der Waals surface area contributed by atoms with Gasteiger partial charge in [0.1, 0.15) is 0 Å². The highest BCUT2D eigenvalue weighted by molar-refractivity contribution is 5.78. The SMILES string of the molecule is Cc1cc(CC(=O)N2CCC(C)CC2CN)n[nH]1. The second-order valence-corrected chi connectivity index (χ2v) is 5.33. The zero-order chi connectivity index (χ0) is 13.1. The molecule has 1 aliphatic heterocycles. The van der Waals surface area contributed by atoms with Crippen LogP contribution in [0.25, 0.3) is 0 Å². The predicted octanol–water partition coefficient (Wildman–Crippen LogP) is 0.846. The van der Waals surface area contributed by atoms with E-state index in [1.54, 1.807) is 0 Å². The van der Waals surface area contributed by atoms with Gasteiger partial charge in [0, 0.05) is 24.8 Å². The van der Waals surface area contributed by atoms with E-state index in [0.717, 1.165) is 30.8 Å². The average Bonchev–Trinajstić information content (AvgIpc) is 2.74. The van der Waals surface area contributed by atoms with Gasteiger partial charge >= 0.3 is 0 Å². The number of aromatic nitrogens is 2. The van der Waals surface area contributed by atoms with Gasteiger partial charge in [-0.3, -0.25) is 9.89 Å². The summed E-state index contributed by atoms with van der Waals surface area (Å²) in [7, 11) is 0. The Morgan fingerprint density at radius 3 is 3.06 bits per heavy atom. The molecule has 0 radical (unpaired) electrons. The molecular weight excluding hydrogens is 228 g/mol. The Balaban J connectivity index is 1.99. The van der Waals surface area contributed by atoms with Crippen LogP contribution in [0.2, 0.25) is 0 Å². The maximum atomic E-state index is 12.3. The molecule has 1 amide bonds. The lowest BCUT2D eigenvalue weighted by molar-refractivity contribution is -0.134. The van der Waals surface area contributed by atoms with E-state index in [1.165, 1.54) is 0 Å². The number of amides is 1. The fourth-order valence-corrected chi connectivity index (χ4v) is 2.62. The van der Waals surface area contributed by atoms with Gasteiger partial charge in [0.2, 0.25) is 5.91 Å². The van der Waals surface area contributed by atoms with Crippen molar-refractivity contribution in [3.05, 3.63) is 17.5 Å². The van der Waals surface area contributed by atoms with Gasteiger partial charge in [0.25, 0.3) is 0 Å². The molecule has 2 rings (SSSR count). The van der Waals surface area contributed by atoms with Gasteiger partial charge in [-0.15, -0.1) is 0 Å². The van der Waals surface area contributed by atoms with E-state index in [-0.39, 0.29) is 11.9 Å². The van der Waals surface area contributed by atoms with Crippen LogP contribution >= 0.6 is 0 Å². The number of H-pyrrole nitrogens is 1. The number of aryl methyl sites for hydroxylation is 1. The molecule has 100 valence electrons. The maximum absolute atomic E-state index is 12.3. The largest absolute Gasteiger partial charge is 0.338 e. The molecule has 18 heavy (non-hydrogen) atoms. The second-order valence-electron chi connectivity index (χ2n) is 5.33. The Bertz CT molecular complexity index is 415. The fourth-order valence-electron chi connectivity index (χ4n) is 2.62. The molecule has 5 nitrogen and oxygen atoms in total. The highest BCUT2D eigenvalue weighted by Crippen LogP contribution is 2.22. The molecule has 0 saturated carbocycles. The zero-order valence-electron chi connectivity index (χ0n) is 11.1. The van der Waals surface area contributed by atoms with Crippen LogP contribution in [0.5, 0.6) is 0 Å². The van der Waals surface area contributed by atoms with Crippen molar-refractivity contribution >= 4 is 5.91 Å². The minimum Gasteiger partial charge on any atom is -0.338 e. The lowest BCUT2D eigenvalue weighted by Crippen LogP contribution is -2.49. The zero-order valence-corrected chi connectivity index (χ0v) is 11.1. The van der Waals surface area contributed by atoms with Crippen LogP contribution in [0, 0.1) is 12.8 Å². The molecule has 1 aromatic heterocycles. The van der Waals surface area contributed by atoms with Gasteiger partial charge in [-0.05, 0) is 31.7 Å². The van der Waals surface area contributed by atoms with Crippen molar-refractivity contribution in [3.63, 3.8) is 0 Å². The quantitative estimate of drug-likeness (QED) is 0.835. The monoisotopic (exact) mass is 250 g/mol. The molecule has 2 heterocycles. The average molecular weight is 250 g/mol. The van der Waals surface area contributed by atoms with Gasteiger partial charge in [-0.2, -0.15) is 5.10 Å². The highest BCUT2D eigenvalue weighted by atomic mass is 16.2. The van der Waals surface area contributed by atoms with Crippen molar-refractivity contribution in [1.82, 2.24) is 15.1 Å². The first-order valence-electron chi connectivity index (χ1n) is 6.60. The summed E-state index contributed by atoms with van der Waals surface area (Å²) < 4.78 is 0. The summed E-state index contributed by atoms with van der Waals surface area (Å²) in [5, 5.41) is 6.98. The van der Waals surface area contributed by atoms with E-state index >= 15 is 0 Å². The Kier molecular flexibility index (Phi) is 4.01. The number of aromatic amines is 1. The first kappa shape index (κ1) is 13.1. The number of carbonyl (C=O) groups excluding carboxylic acids is 1. The molecule has 3 N–H and O–H groups in total. The van der Waals surface area contributed by atoms with Gasteiger partial charge in [0.15, 0.2) is 0 Å². The van der Waals surface area contributed by atoms with E-state index in [4.69, 9.17) is 5.73 Å². The normalized spacial score (nSPS) is 24.3. The maximum Gasteiger partial charge on any atom is 0.228 e. The summed E-state index contributed by atoms with van der Waals surface area (Å²) in [6.07, 6.45) is 2.46. The first-order chi connectivity index (χ1) is 8.60. The fraction of sp³-hybridized carbons (Fsp3) is 0.692. The summed E-state index contributed by atoms with van der Waals surface area (Å²) in [5.74, 6) is 0.805. The van der Waals surface area contributed by atoms with Gasteiger partial charge in [-0.25, -0.2) is 0 Å². The number of carbonyl (C=O) groups is 1. The summed E-state index contributed by atoms with van der Waals surface area (Å²) >= 11 is 0. The number of hydrogen-bond donors (Lipinski definition) is 2. The first-order valence-corrected chi connectivity index (χ1v) is 6.60. The van der Waals surface area contributed by atoms with E-state index in [1.807, 2.05) is 17.9 Å². The van der Waals surface area contributed by atoms with Crippen molar-refractivity contribution < 1.29 is 4.79 Å². The number of rotatable bonds is 3. The molecule has 1 fully saturated rings. The standard InChI is InChI=1S/C13H22N4O/c1-9-3-4-17(12(5-9)8-14)13(18)7-11-6-10(2)15-16-11/h6,9,12H,3-5,7-8,14H2,1-2H3,(H,15,16). The lowest BCUT2D eigenvalue weighted by atomic mass is 9.92. The molecule has 1 aliphatic rings. The van der Waals surface area contributed by atoms with Gasteiger partial charge < -0.3 is 10.6 Å². The number of nitrogens with one attached hydrogen (secondary N) is 1. The van der Waals surface area contributed by atoms with Crippen molar-refractivity contribution in [2.75, 3.05) is 13.1 Å². The topological polar surface area (TPSA) is 75.0 Å². The molecule has 2 unspecified atom stereocenters. The molecule has 0 aliphatic carbocycles. The van der Waals surface area contributed by atoms with E-state index in [0.29, 0.717) is 18.9 Å². The third-order valence-electron chi connectivity index (χ3n) is 3.66. The summed E-state index contributed by atoms with van der Waals surface area (Å²) in [6.45, 7) is 5.54. The van der Waals surface area contributed by atoms with Crippen LogP contribution in [0.15, 0.2) is 6.07 Å². The van der Waals surface area contributed by atoms with Crippen LogP contribution in [0.3, 0.4) is 0 Å². The predicted molar refractivity (Wildman–Crippen MR) is 70.0 cm³/mol. The third-order valence-corrected chi connectivity index (χ3v) is 3.66. The Morgan fingerprint density at radius 2 is 2.44 bits per heavy atom. The van der Waals surface area contributed by atoms with Crippen molar-refractivity contribution in [3.8, 4) is 0 Å². The molecule has 2 atom stereocenters. The number of nitrogens with zero attached hydrogens (tertiary/aromatic N) is 2. The Hall–Kier alpha value is -1.36. The van der Waals surface area contributed by atoms with Crippen LogP contribution in [0.4, 0.5) is 0 Å². The smallest absolute Gasteiger partial charge is 0.228 e. The Morgan fingerprint density at radius 1 is 1.67 bits per heavy atom. The van der Waals surface area contributed by atoms with Gasteiger partial charge in [0.05, 0.1) is 12.1 Å². The molecule has 0 bridgehead atoms. The number of piperidine rings is 1. The van der Waals surface area contributed by atoms with Crippen LogP contribution in [0.1, 0.15) is 31.2 Å². The minimum absolute atomic E-state index is 0.142. The number of nitrogens with two attached hydrogens (primary N) is 1. The minimum atomic E-state index is 0.142. The number of likely N-dealkylation sites (tertiary alicyclic amines) is 1. The van der Waals surface area contributed by atoms with Crippen molar-refractivity contribution in [2.24, 2.45) is 11.7 Å². The summed E-state index contributed by atoms with van der Waals surface area (Å²) in [5.41, 5.74) is 7.57. The van der Waals surface area contributed by atoms with Crippen molar-refractivity contribution in [1.29, 1.82) is 0 Å². The van der Waals surface area contributed by atoms with E-state index in [9.17, 15) is 4.79 Å². The lowest BCUT2D eigenvalue weighted by Gasteiger charge is -2.38. The molecule has 5 heteroatoms. The van der Waals surface area contributed by atoms with E-state index < -0.39 is 0 Å².